The second-order valence-electron chi connectivity index (χ2n) is 6.12. The number of sulfonamides is 1. The lowest BCUT2D eigenvalue weighted by Crippen LogP contribution is -2.42. The molecule has 1 unspecified atom stereocenters. The lowest BCUT2D eigenvalue weighted by atomic mass is 10.1. The first kappa shape index (κ1) is 18.9. The summed E-state index contributed by atoms with van der Waals surface area (Å²) in [5, 5.41) is 2.77. The maximum Gasteiger partial charge on any atom is 0.235 e. The molecule has 0 bridgehead atoms. The maximum atomic E-state index is 12.0. The van der Waals surface area contributed by atoms with Crippen molar-refractivity contribution in [3.8, 4) is 0 Å². The van der Waals surface area contributed by atoms with Gasteiger partial charge in [0.05, 0.1) is 18.9 Å². The smallest absolute Gasteiger partial charge is 0.235 e. The number of amides is 1. The van der Waals surface area contributed by atoms with Gasteiger partial charge in [-0.2, -0.15) is 4.31 Å². The number of carbonyl (C=O) groups is 1. The summed E-state index contributed by atoms with van der Waals surface area (Å²) in [5.41, 5.74) is 1.16. The van der Waals surface area contributed by atoms with Gasteiger partial charge in [-0.25, -0.2) is 8.42 Å². The molecule has 7 heteroatoms. The summed E-state index contributed by atoms with van der Waals surface area (Å²) in [5.74, 6) is -0.282. The highest BCUT2D eigenvalue weighted by Crippen LogP contribution is 2.10. The minimum Gasteiger partial charge on any atom is -0.376 e. The molecule has 0 aliphatic carbocycles. The first-order chi connectivity index (χ1) is 11.4. The lowest BCUT2D eigenvalue weighted by molar-refractivity contribution is -0.121. The zero-order valence-corrected chi connectivity index (χ0v) is 14.9. The van der Waals surface area contributed by atoms with E-state index < -0.39 is 10.0 Å². The van der Waals surface area contributed by atoms with Gasteiger partial charge in [0, 0.05) is 19.7 Å². The number of hydrogen-bond donors (Lipinski definition) is 1. The maximum absolute atomic E-state index is 12.0. The molecule has 1 aromatic rings. The summed E-state index contributed by atoms with van der Waals surface area (Å²) in [6.45, 7) is 1.37. The van der Waals surface area contributed by atoms with Crippen molar-refractivity contribution in [2.45, 2.75) is 31.8 Å². The van der Waals surface area contributed by atoms with Crippen LogP contribution in [-0.4, -0.2) is 57.2 Å². The summed E-state index contributed by atoms with van der Waals surface area (Å²) < 4.78 is 30.5. The molecule has 1 amide bonds. The molecule has 1 fully saturated rings. The largest absolute Gasteiger partial charge is 0.376 e. The Morgan fingerprint density at radius 1 is 1.33 bits per heavy atom. The summed E-state index contributed by atoms with van der Waals surface area (Å²) in [6, 6.07) is 9.90. The summed E-state index contributed by atoms with van der Waals surface area (Å²) in [6.07, 6.45) is 4.60. The number of nitrogens with zero attached hydrogens (tertiary/aromatic N) is 1. The molecule has 1 N–H and O–H groups in total. The van der Waals surface area contributed by atoms with Crippen LogP contribution in [0.15, 0.2) is 30.3 Å². The van der Waals surface area contributed by atoms with Gasteiger partial charge in [0.15, 0.2) is 0 Å². The number of ether oxygens (including phenoxy) is 1. The molecule has 1 aromatic carbocycles. The van der Waals surface area contributed by atoms with Gasteiger partial charge in [-0.05, 0) is 31.2 Å². The highest BCUT2D eigenvalue weighted by Gasteiger charge is 2.21. The van der Waals surface area contributed by atoms with Gasteiger partial charge in [0.25, 0.3) is 0 Å². The van der Waals surface area contributed by atoms with Crippen molar-refractivity contribution >= 4 is 15.9 Å². The Hall–Kier alpha value is -1.44. The Morgan fingerprint density at radius 3 is 2.71 bits per heavy atom. The lowest BCUT2D eigenvalue weighted by Gasteiger charge is -2.20. The third kappa shape index (κ3) is 6.59. The zero-order valence-electron chi connectivity index (χ0n) is 14.1. The molecule has 1 saturated heterocycles. The van der Waals surface area contributed by atoms with Gasteiger partial charge in [0.2, 0.25) is 15.9 Å². The van der Waals surface area contributed by atoms with Crippen LogP contribution in [0.5, 0.6) is 0 Å². The SMILES string of the molecule is CS(=O)(=O)N(CCCc1ccccc1)CC(=O)NCC1CCCO1. The van der Waals surface area contributed by atoms with E-state index in [1.807, 2.05) is 30.3 Å². The van der Waals surface area contributed by atoms with Crippen LogP contribution in [0.2, 0.25) is 0 Å². The summed E-state index contributed by atoms with van der Waals surface area (Å²) in [7, 11) is -3.41. The third-order valence-corrected chi connectivity index (χ3v) is 5.31. The Kier molecular flexibility index (Phi) is 7.20. The Bertz CT molecular complexity index is 613. The van der Waals surface area contributed by atoms with E-state index in [0.29, 0.717) is 19.5 Å². The Labute approximate surface area is 144 Å². The van der Waals surface area contributed by atoms with Gasteiger partial charge < -0.3 is 10.1 Å². The second-order valence-corrected chi connectivity index (χ2v) is 8.11. The van der Waals surface area contributed by atoms with Gasteiger partial charge >= 0.3 is 0 Å². The van der Waals surface area contributed by atoms with Crippen LogP contribution in [0.1, 0.15) is 24.8 Å². The van der Waals surface area contributed by atoms with Crippen molar-refractivity contribution in [2.24, 2.45) is 0 Å². The van der Waals surface area contributed by atoms with Gasteiger partial charge in [-0.1, -0.05) is 30.3 Å². The highest BCUT2D eigenvalue weighted by molar-refractivity contribution is 7.88. The molecule has 1 atom stereocenters. The number of carbonyl (C=O) groups excluding carboxylic acids is 1. The quantitative estimate of drug-likeness (QED) is 0.722. The van der Waals surface area contributed by atoms with Crippen LogP contribution in [0.3, 0.4) is 0 Å². The number of aryl methyl sites for hydroxylation is 1. The molecule has 2 rings (SSSR count). The molecule has 24 heavy (non-hydrogen) atoms. The fourth-order valence-electron chi connectivity index (χ4n) is 2.72. The summed E-state index contributed by atoms with van der Waals surface area (Å²) >= 11 is 0. The predicted octanol–water partition coefficient (Wildman–Crippen LogP) is 1.18. The summed E-state index contributed by atoms with van der Waals surface area (Å²) in [4.78, 5) is 12.0. The molecule has 0 spiro atoms. The minimum atomic E-state index is -3.41. The standard InChI is InChI=1S/C17H26N2O4S/c1-24(21,22)19(11-5-9-15-7-3-2-4-8-15)14-17(20)18-13-16-10-6-12-23-16/h2-4,7-8,16H,5-6,9-14H2,1H3,(H,18,20). The van der Waals surface area contributed by atoms with Crippen LogP contribution in [0.25, 0.3) is 0 Å². The van der Waals surface area contributed by atoms with E-state index in [9.17, 15) is 13.2 Å². The van der Waals surface area contributed by atoms with Gasteiger partial charge in [-0.3, -0.25) is 4.79 Å². The number of benzene rings is 1. The fraction of sp³-hybridized carbons (Fsp3) is 0.588. The second kappa shape index (κ2) is 9.15. The zero-order chi connectivity index (χ0) is 17.4. The van der Waals surface area contributed by atoms with E-state index in [2.05, 4.69) is 5.32 Å². The average molecular weight is 354 g/mol. The number of hydrogen-bond acceptors (Lipinski definition) is 4. The number of nitrogens with one attached hydrogen (secondary N) is 1. The van der Waals surface area contributed by atoms with Crippen molar-refractivity contribution in [2.75, 3.05) is 32.5 Å². The van der Waals surface area contributed by atoms with Crippen molar-refractivity contribution in [3.05, 3.63) is 35.9 Å². The van der Waals surface area contributed by atoms with Crippen LogP contribution in [0.4, 0.5) is 0 Å². The van der Waals surface area contributed by atoms with Gasteiger partial charge in [-0.15, -0.1) is 0 Å². The molecule has 1 aliphatic rings. The first-order valence-electron chi connectivity index (χ1n) is 8.32. The van der Waals surface area contributed by atoms with Crippen molar-refractivity contribution < 1.29 is 17.9 Å². The van der Waals surface area contributed by atoms with Crippen LogP contribution in [-0.2, 0) is 26.0 Å². The highest BCUT2D eigenvalue weighted by atomic mass is 32.2. The molecule has 6 nitrogen and oxygen atoms in total. The Balaban J connectivity index is 1.78. The molecular formula is C17H26N2O4S. The molecule has 1 heterocycles. The molecule has 0 aromatic heterocycles. The molecule has 0 radical (unpaired) electrons. The van der Waals surface area contributed by atoms with E-state index >= 15 is 0 Å². The van der Waals surface area contributed by atoms with Crippen molar-refractivity contribution in [3.63, 3.8) is 0 Å². The average Bonchev–Trinajstić information content (AvgIpc) is 3.05. The topological polar surface area (TPSA) is 75.7 Å². The van der Waals surface area contributed by atoms with Crippen molar-refractivity contribution in [1.82, 2.24) is 9.62 Å². The van der Waals surface area contributed by atoms with E-state index in [-0.39, 0.29) is 18.6 Å². The molecular weight excluding hydrogens is 328 g/mol. The Morgan fingerprint density at radius 2 is 2.08 bits per heavy atom. The van der Waals surface area contributed by atoms with Crippen LogP contribution < -0.4 is 5.32 Å². The fourth-order valence-corrected chi connectivity index (χ4v) is 3.53. The normalized spacial score (nSPS) is 18.0. The van der Waals surface area contributed by atoms with Crippen molar-refractivity contribution in [1.29, 1.82) is 0 Å². The molecule has 134 valence electrons. The molecule has 1 aliphatic heterocycles. The van der Waals surface area contributed by atoms with E-state index in [0.717, 1.165) is 37.7 Å². The van der Waals surface area contributed by atoms with E-state index in [4.69, 9.17) is 4.74 Å². The minimum absolute atomic E-state index is 0.0544. The molecule has 0 saturated carbocycles. The monoisotopic (exact) mass is 354 g/mol. The third-order valence-electron chi connectivity index (χ3n) is 4.06. The van der Waals surface area contributed by atoms with Crippen LogP contribution in [0, 0.1) is 0 Å². The number of rotatable bonds is 9. The van der Waals surface area contributed by atoms with Crippen LogP contribution >= 0.6 is 0 Å². The van der Waals surface area contributed by atoms with E-state index in [1.165, 1.54) is 4.31 Å². The van der Waals surface area contributed by atoms with E-state index in [1.54, 1.807) is 0 Å². The predicted molar refractivity (Wildman–Crippen MR) is 93.2 cm³/mol. The first-order valence-corrected chi connectivity index (χ1v) is 10.2. The van der Waals surface area contributed by atoms with Gasteiger partial charge in [0.1, 0.15) is 0 Å².